The summed E-state index contributed by atoms with van der Waals surface area (Å²) in [4.78, 5) is 15.1. The van der Waals surface area contributed by atoms with E-state index in [1.165, 1.54) is 11.3 Å². The SMILES string of the molecule is CCn1nc(C)c(CN2CCN(c3ccc([N+](=O)[O-])cc3)CC2)c1C. The summed E-state index contributed by atoms with van der Waals surface area (Å²) in [5.41, 5.74) is 4.92. The molecule has 0 aliphatic carbocycles. The molecule has 0 amide bonds. The third-order valence-corrected chi connectivity index (χ3v) is 5.01. The van der Waals surface area contributed by atoms with Crippen molar-refractivity contribution in [1.82, 2.24) is 14.7 Å². The van der Waals surface area contributed by atoms with Gasteiger partial charge in [-0.1, -0.05) is 0 Å². The Hall–Kier alpha value is -2.41. The fourth-order valence-electron chi connectivity index (χ4n) is 3.44. The lowest BCUT2D eigenvalue weighted by Crippen LogP contribution is -2.46. The molecule has 2 aromatic rings. The number of rotatable bonds is 5. The van der Waals surface area contributed by atoms with E-state index in [-0.39, 0.29) is 10.6 Å². The van der Waals surface area contributed by atoms with Crippen molar-refractivity contribution in [3.8, 4) is 0 Å². The van der Waals surface area contributed by atoms with Crippen LogP contribution in [0.5, 0.6) is 0 Å². The normalized spacial score (nSPS) is 15.6. The van der Waals surface area contributed by atoms with Gasteiger partial charge in [-0.15, -0.1) is 0 Å². The number of benzene rings is 1. The lowest BCUT2D eigenvalue weighted by Gasteiger charge is -2.36. The van der Waals surface area contributed by atoms with Crippen molar-refractivity contribution in [3.05, 3.63) is 51.3 Å². The van der Waals surface area contributed by atoms with E-state index in [2.05, 4.69) is 40.4 Å². The average Bonchev–Trinajstić information content (AvgIpc) is 2.90. The molecule has 7 nitrogen and oxygen atoms in total. The molecule has 0 saturated carbocycles. The van der Waals surface area contributed by atoms with Gasteiger partial charge in [0.15, 0.2) is 0 Å². The Balaban J connectivity index is 1.60. The van der Waals surface area contributed by atoms with Crippen molar-refractivity contribution in [3.63, 3.8) is 0 Å². The molecular formula is C18H25N5O2. The Bertz CT molecular complexity index is 746. The summed E-state index contributed by atoms with van der Waals surface area (Å²) in [6.45, 7) is 12.0. The highest BCUT2D eigenvalue weighted by molar-refractivity contribution is 5.51. The van der Waals surface area contributed by atoms with Crippen molar-refractivity contribution in [2.45, 2.75) is 33.9 Å². The molecule has 3 rings (SSSR count). The lowest BCUT2D eigenvalue weighted by molar-refractivity contribution is -0.384. The van der Waals surface area contributed by atoms with Crippen LogP contribution in [0.25, 0.3) is 0 Å². The molecule has 1 aromatic carbocycles. The Labute approximate surface area is 148 Å². The molecule has 0 unspecified atom stereocenters. The summed E-state index contributed by atoms with van der Waals surface area (Å²) in [5.74, 6) is 0. The standard InChI is InChI=1S/C18H25N5O2/c1-4-22-15(3)18(14(2)19-22)13-20-9-11-21(12-10-20)16-5-7-17(8-6-16)23(24)25/h5-8H,4,9-13H2,1-3H3. The van der Waals surface area contributed by atoms with Crippen LogP contribution in [0, 0.1) is 24.0 Å². The van der Waals surface area contributed by atoms with Crippen LogP contribution in [0.15, 0.2) is 24.3 Å². The third kappa shape index (κ3) is 3.66. The van der Waals surface area contributed by atoms with Crippen LogP contribution in [-0.2, 0) is 13.1 Å². The molecule has 25 heavy (non-hydrogen) atoms. The van der Waals surface area contributed by atoms with Gasteiger partial charge in [0, 0.05) is 68.3 Å². The van der Waals surface area contributed by atoms with Crippen LogP contribution in [0.3, 0.4) is 0 Å². The number of piperazine rings is 1. The fraction of sp³-hybridized carbons (Fsp3) is 0.500. The van der Waals surface area contributed by atoms with Crippen molar-refractivity contribution in [2.75, 3.05) is 31.1 Å². The molecule has 0 spiro atoms. The second kappa shape index (κ2) is 7.23. The van der Waals surface area contributed by atoms with Crippen molar-refractivity contribution >= 4 is 11.4 Å². The number of aryl methyl sites for hydroxylation is 2. The molecule has 1 fully saturated rings. The minimum atomic E-state index is -0.358. The van der Waals surface area contributed by atoms with Gasteiger partial charge in [-0.3, -0.25) is 19.7 Å². The number of hydrogen-bond donors (Lipinski definition) is 0. The van der Waals surface area contributed by atoms with Gasteiger partial charge < -0.3 is 4.90 Å². The monoisotopic (exact) mass is 343 g/mol. The number of anilines is 1. The molecular weight excluding hydrogens is 318 g/mol. The van der Waals surface area contributed by atoms with Gasteiger partial charge in [-0.05, 0) is 32.9 Å². The minimum Gasteiger partial charge on any atom is -0.369 e. The van der Waals surface area contributed by atoms with Gasteiger partial charge in [-0.25, -0.2) is 0 Å². The molecule has 1 aliphatic rings. The Morgan fingerprint density at radius 2 is 1.76 bits per heavy atom. The van der Waals surface area contributed by atoms with E-state index in [0.29, 0.717) is 0 Å². The zero-order chi connectivity index (χ0) is 18.0. The highest BCUT2D eigenvalue weighted by Crippen LogP contribution is 2.22. The zero-order valence-electron chi connectivity index (χ0n) is 15.1. The number of nitro groups is 1. The molecule has 1 saturated heterocycles. The zero-order valence-corrected chi connectivity index (χ0v) is 15.1. The molecule has 1 aliphatic heterocycles. The summed E-state index contributed by atoms with van der Waals surface area (Å²) >= 11 is 0. The second-order valence-electron chi connectivity index (χ2n) is 6.50. The van der Waals surface area contributed by atoms with Gasteiger partial charge in [0.25, 0.3) is 5.69 Å². The van der Waals surface area contributed by atoms with Crippen LogP contribution in [-0.4, -0.2) is 45.8 Å². The highest BCUT2D eigenvalue weighted by Gasteiger charge is 2.20. The number of nitrogens with zero attached hydrogens (tertiary/aromatic N) is 5. The third-order valence-electron chi connectivity index (χ3n) is 5.01. The van der Waals surface area contributed by atoms with E-state index < -0.39 is 0 Å². The smallest absolute Gasteiger partial charge is 0.269 e. The van der Waals surface area contributed by atoms with Crippen LogP contribution in [0.2, 0.25) is 0 Å². The second-order valence-corrected chi connectivity index (χ2v) is 6.50. The van der Waals surface area contributed by atoms with Crippen LogP contribution in [0.1, 0.15) is 23.9 Å². The fourth-order valence-corrected chi connectivity index (χ4v) is 3.44. The first-order valence-corrected chi connectivity index (χ1v) is 8.74. The van der Waals surface area contributed by atoms with E-state index in [0.717, 1.165) is 50.6 Å². The van der Waals surface area contributed by atoms with E-state index in [4.69, 9.17) is 0 Å². The number of hydrogen-bond acceptors (Lipinski definition) is 5. The number of non-ortho nitro benzene ring substituents is 1. The topological polar surface area (TPSA) is 67.4 Å². The van der Waals surface area contributed by atoms with Gasteiger partial charge >= 0.3 is 0 Å². The van der Waals surface area contributed by atoms with Gasteiger partial charge in [0.1, 0.15) is 0 Å². The molecule has 0 bridgehead atoms. The first kappa shape index (κ1) is 17.4. The first-order valence-electron chi connectivity index (χ1n) is 8.74. The van der Waals surface area contributed by atoms with E-state index in [1.54, 1.807) is 12.1 Å². The molecule has 134 valence electrons. The maximum absolute atomic E-state index is 10.8. The molecule has 1 aromatic heterocycles. The Kier molecular flexibility index (Phi) is 5.03. The molecule has 2 heterocycles. The molecule has 0 N–H and O–H groups in total. The summed E-state index contributed by atoms with van der Waals surface area (Å²) in [6.07, 6.45) is 0. The van der Waals surface area contributed by atoms with Crippen molar-refractivity contribution < 1.29 is 4.92 Å². The van der Waals surface area contributed by atoms with E-state index in [9.17, 15) is 10.1 Å². The number of aromatic nitrogens is 2. The lowest BCUT2D eigenvalue weighted by atomic mass is 10.1. The predicted octanol–water partition coefficient (Wildman–Crippen LogP) is 2.75. The first-order chi connectivity index (χ1) is 12.0. The van der Waals surface area contributed by atoms with Crippen LogP contribution in [0.4, 0.5) is 11.4 Å². The van der Waals surface area contributed by atoms with E-state index in [1.807, 2.05) is 12.1 Å². The van der Waals surface area contributed by atoms with Crippen LogP contribution >= 0.6 is 0 Å². The maximum atomic E-state index is 10.8. The summed E-state index contributed by atoms with van der Waals surface area (Å²) in [7, 11) is 0. The summed E-state index contributed by atoms with van der Waals surface area (Å²) in [6, 6.07) is 6.84. The molecule has 0 radical (unpaired) electrons. The molecule has 7 heteroatoms. The van der Waals surface area contributed by atoms with Crippen molar-refractivity contribution in [2.24, 2.45) is 0 Å². The number of nitro benzene ring substituents is 1. The maximum Gasteiger partial charge on any atom is 0.269 e. The quantitative estimate of drug-likeness (QED) is 0.617. The van der Waals surface area contributed by atoms with Gasteiger partial charge in [-0.2, -0.15) is 5.10 Å². The van der Waals surface area contributed by atoms with Gasteiger partial charge in [0.05, 0.1) is 10.6 Å². The Morgan fingerprint density at radius 1 is 1.12 bits per heavy atom. The average molecular weight is 343 g/mol. The van der Waals surface area contributed by atoms with E-state index >= 15 is 0 Å². The van der Waals surface area contributed by atoms with Gasteiger partial charge in [0.2, 0.25) is 0 Å². The highest BCUT2D eigenvalue weighted by atomic mass is 16.6. The Morgan fingerprint density at radius 3 is 2.28 bits per heavy atom. The molecule has 0 atom stereocenters. The van der Waals surface area contributed by atoms with Crippen molar-refractivity contribution in [1.29, 1.82) is 0 Å². The largest absolute Gasteiger partial charge is 0.369 e. The summed E-state index contributed by atoms with van der Waals surface area (Å²) in [5, 5.41) is 15.4. The van der Waals surface area contributed by atoms with Crippen LogP contribution < -0.4 is 4.90 Å². The summed E-state index contributed by atoms with van der Waals surface area (Å²) < 4.78 is 2.07. The minimum absolute atomic E-state index is 0.140. The predicted molar refractivity (Wildman–Crippen MR) is 98.0 cm³/mol.